The zero-order valence-corrected chi connectivity index (χ0v) is 20.3. The fourth-order valence-corrected chi connectivity index (χ4v) is 3.46. The first-order valence-corrected chi connectivity index (χ1v) is 10.0. The number of guanidine groups is 1. The maximum Gasteiger partial charge on any atom is 0.192 e. The van der Waals surface area contributed by atoms with Gasteiger partial charge in [0.05, 0.1) is 12.8 Å². The largest absolute Gasteiger partial charge is 0.495 e. The fraction of sp³-hybridized carbons (Fsp3) is 0.476. The van der Waals surface area contributed by atoms with Gasteiger partial charge in [0.25, 0.3) is 0 Å². The molecule has 1 aromatic carbocycles. The summed E-state index contributed by atoms with van der Waals surface area (Å²) in [6.07, 6.45) is 4.02. The molecule has 0 bridgehead atoms. The summed E-state index contributed by atoms with van der Waals surface area (Å²) in [6.45, 7) is 8.74. The highest BCUT2D eigenvalue weighted by atomic mass is 127. The zero-order valence-electron chi connectivity index (χ0n) is 18.0. The normalized spacial score (nSPS) is 16.6. The van der Waals surface area contributed by atoms with E-state index in [2.05, 4.69) is 44.4 Å². The van der Waals surface area contributed by atoms with Crippen molar-refractivity contribution >= 4 is 35.6 Å². The lowest BCUT2D eigenvalue weighted by Gasteiger charge is -2.36. The van der Waals surface area contributed by atoms with E-state index in [1.165, 1.54) is 0 Å². The van der Waals surface area contributed by atoms with Crippen molar-refractivity contribution in [3.8, 4) is 5.75 Å². The lowest BCUT2D eigenvalue weighted by atomic mass is 10.0. The molecule has 2 aromatic rings. The Bertz CT molecular complexity index is 852. The maximum atomic E-state index is 5.54. The first kappa shape index (κ1) is 24.0. The van der Waals surface area contributed by atoms with Gasteiger partial charge in [0.15, 0.2) is 11.8 Å². The molecule has 1 fully saturated rings. The Morgan fingerprint density at radius 3 is 2.87 bits per heavy atom. The number of rotatable bonds is 7. The Labute approximate surface area is 195 Å². The topological polar surface area (TPSA) is 79.6 Å². The highest BCUT2D eigenvalue weighted by Gasteiger charge is 2.23. The lowest BCUT2D eigenvalue weighted by molar-refractivity contribution is 0.408. The number of hydrogen-bond acceptors (Lipinski definition) is 5. The van der Waals surface area contributed by atoms with Crippen molar-refractivity contribution in [2.75, 3.05) is 31.6 Å². The number of halogens is 1. The molecular formula is C21H32IN7O. The Balaban J connectivity index is 0.00000320. The summed E-state index contributed by atoms with van der Waals surface area (Å²) in [5.41, 5.74) is 1.13. The molecule has 0 aliphatic carbocycles. The molecule has 0 amide bonds. The second kappa shape index (κ2) is 11.8. The second-order valence-electron chi connectivity index (χ2n) is 7.16. The third kappa shape index (κ3) is 6.10. The van der Waals surface area contributed by atoms with Crippen LogP contribution in [0, 0.1) is 6.92 Å². The van der Waals surface area contributed by atoms with Gasteiger partial charge >= 0.3 is 0 Å². The fourth-order valence-electron chi connectivity index (χ4n) is 3.46. The molecule has 1 aromatic heterocycles. The third-order valence-electron chi connectivity index (χ3n) is 5.16. The zero-order chi connectivity index (χ0) is 20.6. The number of hydrogen-bond donors (Lipinski definition) is 2. The number of nitrogens with one attached hydrogen (secondary N) is 2. The van der Waals surface area contributed by atoms with E-state index in [4.69, 9.17) is 9.73 Å². The summed E-state index contributed by atoms with van der Waals surface area (Å²) < 4.78 is 7.50. The minimum Gasteiger partial charge on any atom is -0.495 e. The highest BCUT2D eigenvalue weighted by Crippen LogP contribution is 2.29. The molecule has 1 aliphatic heterocycles. The van der Waals surface area contributed by atoms with Gasteiger partial charge in [-0.2, -0.15) is 0 Å². The maximum absolute atomic E-state index is 5.54. The van der Waals surface area contributed by atoms with E-state index in [9.17, 15) is 0 Å². The second-order valence-corrected chi connectivity index (χ2v) is 7.16. The standard InChI is InChI=1S/C21H31N7O.HI/c1-5-12-22-21(23-14-20-26-25-16(2)27(20)3)24-17-9-8-13-28(15-17)18-10-6-7-11-19(18)29-4;/h5-7,10-11,17H,1,8-9,12-15H2,2-4H3,(H2,22,23,24);1H. The first-order chi connectivity index (χ1) is 14.1. The molecule has 164 valence electrons. The van der Waals surface area contributed by atoms with Gasteiger partial charge in [-0.3, -0.25) is 0 Å². The van der Waals surface area contributed by atoms with Crippen LogP contribution < -0.4 is 20.3 Å². The van der Waals surface area contributed by atoms with Crippen molar-refractivity contribution in [1.29, 1.82) is 0 Å². The molecular weight excluding hydrogens is 493 g/mol. The molecule has 1 atom stereocenters. The SMILES string of the molecule is C=CCNC(=NCc1nnc(C)n1C)NC1CCCN(c2ccccc2OC)C1.I. The average Bonchev–Trinajstić information content (AvgIpc) is 3.08. The Morgan fingerprint density at radius 2 is 2.17 bits per heavy atom. The molecule has 30 heavy (non-hydrogen) atoms. The average molecular weight is 525 g/mol. The van der Waals surface area contributed by atoms with Crippen molar-refractivity contribution < 1.29 is 4.74 Å². The predicted octanol–water partition coefficient (Wildman–Crippen LogP) is 2.64. The molecule has 2 N–H and O–H groups in total. The van der Waals surface area contributed by atoms with E-state index in [0.29, 0.717) is 13.1 Å². The number of aryl methyl sites for hydroxylation is 1. The van der Waals surface area contributed by atoms with Crippen LogP contribution in [0.15, 0.2) is 41.9 Å². The van der Waals surface area contributed by atoms with E-state index in [0.717, 1.165) is 55.0 Å². The summed E-state index contributed by atoms with van der Waals surface area (Å²) in [5.74, 6) is 3.38. The Morgan fingerprint density at radius 1 is 1.37 bits per heavy atom. The Kier molecular flexibility index (Phi) is 9.41. The van der Waals surface area contributed by atoms with Crippen LogP contribution in [-0.2, 0) is 13.6 Å². The minimum atomic E-state index is 0. The van der Waals surface area contributed by atoms with Gasteiger partial charge in [-0.25, -0.2) is 4.99 Å². The smallest absolute Gasteiger partial charge is 0.192 e. The number of para-hydroxylation sites is 2. The molecule has 1 aliphatic rings. The summed E-state index contributed by atoms with van der Waals surface area (Å²) in [7, 11) is 3.67. The van der Waals surface area contributed by atoms with Crippen molar-refractivity contribution in [3.05, 3.63) is 48.6 Å². The van der Waals surface area contributed by atoms with Crippen molar-refractivity contribution in [2.45, 2.75) is 32.4 Å². The lowest BCUT2D eigenvalue weighted by Crippen LogP contribution is -2.51. The molecule has 3 rings (SSSR count). The van der Waals surface area contributed by atoms with Crippen molar-refractivity contribution in [1.82, 2.24) is 25.4 Å². The number of piperidine rings is 1. The van der Waals surface area contributed by atoms with Crippen LogP contribution >= 0.6 is 24.0 Å². The van der Waals surface area contributed by atoms with Crippen LogP contribution in [0.25, 0.3) is 0 Å². The summed E-state index contributed by atoms with van der Waals surface area (Å²) in [6, 6.07) is 8.46. The number of methoxy groups -OCH3 is 1. The third-order valence-corrected chi connectivity index (χ3v) is 5.16. The van der Waals surface area contributed by atoms with Crippen LogP contribution in [-0.4, -0.2) is 53.5 Å². The van der Waals surface area contributed by atoms with E-state index >= 15 is 0 Å². The van der Waals surface area contributed by atoms with Gasteiger partial charge in [-0.1, -0.05) is 18.2 Å². The number of benzene rings is 1. The molecule has 2 heterocycles. The summed E-state index contributed by atoms with van der Waals surface area (Å²) >= 11 is 0. The van der Waals surface area contributed by atoms with Gasteiger partial charge < -0.3 is 24.8 Å². The molecule has 0 radical (unpaired) electrons. The predicted molar refractivity (Wildman–Crippen MR) is 132 cm³/mol. The van der Waals surface area contributed by atoms with Crippen LogP contribution in [0.2, 0.25) is 0 Å². The molecule has 0 spiro atoms. The Hall–Kier alpha value is -2.30. The highest BCUT2D eigenvalue weighted by molar-refractivity contribution is 14.0. The van der Waals surface area contributed by atoms with E-state index in [-0.39, 0.29) is 30.0 Å². The number of nitrogens with zero attached hydrogens (tertiary/aromatic N) is 5. The molecule has 8 nitrogen and oxygen atoms in total. The molecule has 0 saturated carbocycles. The van der Waals surface area contributed by atoms with Gasteiger partial charge in [-0.15, -0.1) is 40.8 Å². The number of anilines is 1. The molecule has 1 saturated heterocycles. The quantitative estimate of drug-likeness (QED) is 0.251. The molecule has 1 unspecified atom stereocenters. The summed E-state index contributed by atoms with van der Waals surface area (Å²) in [4.78, 5) is 7.08. The van der Waals surface area contributed by atoms with Crippen LogP contribution in [0.3, 0.4) is 0 Å². The van der Waals surface area contributed by atoms with Crippen LogP contribution in [0.4, 0.5) is 5.69 Å². The van der Waals surface area contributed by atoms with Gasteiger partial charge in [-0.05, 0) is 31.9 Å². The molecule has 9 heteroatoms. The first-order valence-electron chi connectivity index (χ1n) is 10.0. The van der Waals surface area contributed by atoms with Crippen molar-refractivity contribution in [2.24, 2.45) is 12.0 Å². The van der Waals surface area contributed by atoms with E-state index in [1.807, 2.05) is 36.7 Å². The minimum absolute atomic E-state index is 0. The number of aliphatic imine (C=N–C) groups is 1. The van der Waals surface area contributed by atoms with E-state index in [1.54, 1.807) is 7.11 Å². The van der Waals surface area contributed by atoms with Gasteiger partial charge in [0, 0.05) is 32.7 Å². The van der Waals surface area contributed by atoms with Crippen molar-refractivity contribution in [3.63, 3.8) is 0 Å². The van der Waals surface area contributed by atoms with E-state index < -0.39 is 0 Å². The number of aromatic nitrogens is 3. The van der Waals surface area contributed by atoms with Gasteiger partial charge in [0.1, 0.15) is 18.1 Å². The van der Waals surface area contributed by atoms with Crippen LogP contribution in [0.1, 0.15) is 24.5 Å². The van der Waals surface area contributed by atoms with Crippen LogP contribution in [0.5, 0.6) is 5.75 Å². The monoisotopic (exact) mass is 525 g/mol. The number of ether oxygens (including phenoxy) is 1. The van der Waals surface area contributed by atoms with Gasteiger partial charge in [0.2, 0.25) is 0 Å². The summed E-state index contributed by atoms with van der Waals surface area (Å²) in [5, 5.41) is 15.2.